The van der Waals surface area contributed by atoms with Crippen LogP contribution in [0.3, 0.4) is 0 Å². The minimum atomic E-state index is -0.246. The quantitative estimate of drug-likeness (QED) is 0.488. The average Bonchev–Trinajstić information content (AvgIpc) is 2.59. The summed E-state index contributed by atoms with van der Waals surface area (Å²) < 4.78 is 5.13. The summed E-state index contributed by atoms with van der Waals surface area (Å²) in [5, 5.41) is 6.26. The largest absolute Gasteiger partial charge is 0.497 e. The summed E-state index contributed by atoms with van der Waals surface area (Å²) in [5.74, 6) is 1.63. The van der Waals surface area contributed by atoms with E-state index in [0.717, 1.165) is 17.7 Å². The molecule has 1 aromatic rings. The molecule has 0 bridgehead atoms. The summed E-state index contributed by atoms with van der Waals surface area (Å²) in [4.78, 5) is 12.5. The Balaban J connectivity index is 2.57. The second-order valence-corrected chi connectivity index (χ2v) is 6.15. The van der Waals surface area contributed by atoms with Gasteiger partial charge in [0.05, 0.1) is 13.2 Å². The van der Waals surface area contributed by atoms with Crippen molar-refractivity contribution in [1.29, 1.82) is 0 Å². The van der Waals surface area contributed by atoms with Crippen LogP contribution >= 0.6 is 12.6 Å². The number of hydrogen-bond donors (Lipinski definition) is 4. The number of rotatable bonds is 10. The fourth-order valence-electron chi connectivity index (χ4n) is 2.17. The fourth-order valence-corrected chi connectivity index (χ4v) is 2.30. The average molecular weight is 340 g/mol. The van der Waals surface area contributed by atoms with Crippen molar-refractivity contribution in [1.82, 2.24) is 10.6 Å². The minimum absolute atomic E-state index is 0.00142. The third-order valence-corrected chi connectivity index (χ3v) is 4.42. The molecule has 130 valence electrons. The van der Waals surface area contributed by atoms with Gasteiger partial charge < -0.3 is 21.1 Å². The Bertz CT molecular complexity index is 467. The minimum Gasteiger partial charge on any atom is -0.497 e. The monoisotopic (exact) mass is 339 g/mol. The van der Waals surface area contributed by atoms with Crippen molar-refractivity contribution >= 4 is 18.5 Å². The molecule has 1 unspecified atom stereocenters. The molecule has 1 rings (SSSR count). The summed E-state index contributed by atoms with van der Waals surface area (Å²) in [6.07, 6.45) is 0.920. The van der Waals surface area contributed by atoms with E-state index < -0.39 is 0 Å². The topological polar surface area (TPSA) is 76.4 Å². The van der Waals surface area contributed by atoms with Gasteiger partial charge in [0.25, 0.3) is 0 Å². The molecule has 0 fully saturated rings. The summed E-state index contributed by atoms with van der Waals surface area (Å²) in [7, 11) is 1.63. The predicted octanol–water partition coefficient (Wildman–Crippen LogP) is 1.57. The summed E-state index contributed by atoms with van der Waals surface area (Å²) >= 11 is 4.17. The lowest BCUT2D eigenvalue weighted by Crippen LogP contribution is -2.51. The highest BCUT2D eigenvalue weighted by Crippen LogP contribution is 2.12. The number of carbonyl (C=O) groups excluding carboxylic acids is 1. The van der Waals surface area contributed by atoms with E-state index in [1.54, 1.807) is 7.11 Å². The first-order chi connectivity index (χ1) is 11.0. The number of hydrogen-bond acceptors (Lipinski definition) is 5. The second-order valence-electron chi connectivity index (χ2n) is 5.78. The van der Waals surface area contributed by atoms with Crippen molar-refractivity contribution < 1.29 is 9.53 Å². The van der Waals surface area contributed by atoms with Gasteiger partial charge in [-0.1, -0.05) is 32.4 Å². The molecule has 0 saturated carbocycles. The van der Waals surface area contributed by atoms with Crippen molar-refractivity contribution in [2.45, 2.75) is 38.9 Å². The maximum Gasteiger partial charge on any atom is 0.237 e. The molecule has 0 aliphatic rings. The zero-order valence-corrected chi connectivity index (χ0v) is 15.1. The molecule has 0 aliphatic carbocycles. The van der Waals surface area contributed by atoms with Crippen molar-refractivity contribution in [3.05, 3.63) is 29.8 Å². The molecule has 6 heteroatoms. The highest BCUT2D eigenvalue weighted by atomic mass is 32.1. The van der Waals surface area contributed by atoms with Crippen LogP contribution in [0.2, 0.25) is 0 Å². The van der Waals surface area contributed by atoms with E-state index in [0.29, 0.717) is 18.8 Å². The fraction of sp³-hybridized carbons (Fsp3) is 0.588. The van der Waals surface area contributed by atoms with Crippen LogP contribution < -0.4 is 21.1 Å². The third-order valence-electron chi connectivity index (χ3n) is 3.96. The molecule has 0 radical (unpaired) electrons. The first-order valence-electron chi connectivity index (χ1n) is 8.02. The van der Waals surface area contributed by atoms with Crippen LogP contribution in [0.1, 0.15) is 25.8 Å². The van der Waals surface area contributed by atoms with Crippen molar-refractivity contribution in [2.75, 3.05) is 19.4 Å². The van der Waals surface area contributed by atoms with Crippen LogP contribution in [0.15, 0.2) is 24.3 Å². The van der Waals surface area contributed by atoms with Crippen LogP contribution in [-0.2, 0) is 11.3 Å². The second kappa shape index (κ2) is 10.5. The van der Waals surface area contributed by atoms with Crippen molar-refractivity contribution in [3.8, 4) is 5.75 Å². The number of nitrogens with two attached hydrogens (primary N) is 1. The molecule has 0 saturated heterocycles. The Hall–Kier alpha value is -1.24. The van der Waals surface area contributed by atoms with E-state index in [1.807, 2.05) is 24.3 Å². The van der Waals surface area contributed by atoms with E-state index in [1.165, 1.54) is 0 Å². The first kappa shape index (κ1) is 19.8. The zero-order valence-electron chi connectivity index (χ0n) is 14.2. The van der Waals surface area contributed by atoms with Gasteiger partial charge in [-0.3, -0.25) is 4.79 Å². The summed E-state index contributed by atoms with van der Waals surface area (Å²) in [6.45, 7) is 5.22. The van der Waals surface area contributed by atoms with E-state index >= 15 is 0 Å². The van der Waals surface area contributed by atoms with Crippen LogP contribution in [0, 0.1) is 5.92 Å². The SMILES string of the molecule is CC[C@H](C)[C@@H](NCC(N)CS)C(=O)NCc1ccc(OC)cc1. The predicted molar refractivity (Wildman–Crippen MR) is 97.9 cm³/mol. The Morgan fingerprint density at radius 3 is 2.52 bits per heavy atom. The van der Waals surface area contributed by atoms with Gasteiger partial charge in [-0.05, 0) is 23.6 Å². The van der Waals surface area contributed by atoms with Crippen molar-refractivity contribution in [3.63, 3.8) is 0 Å². The Morgan fingerprint density at radius 1 is 1.35 bits per heavy atom. The molecular formula is C17H29N3O2S. The van der Waals surface area contributed by atoms with Gasteiger partial charge >= 0.3 is 0 Å². The Kier molecular flexibility index (Phi) is 9.06. The van der Waals surface area contributed by atoms with Crippen LogP contribution in [-0.4, -0.2) is 37.4 Å². The van der Waals surface area contributed by atoms with E-state index in [2.05, 4.69) is 37.1 Å². The molecule has 3 atom stereocenters. The zero-order chi connectivity index (χ0) is 17.2. The number of thiol groups is 1. The standard InChI is InChI=1S/C17H29N3O2S/c1-4-12(2)16(19-10-14(18)11-23)17(21)20-9-13-5-7-15(22-3)8-6-13/h5-8,12,14,16,19,23H,4,9-11,18H2,1-3H3,(H,20,21)/t12-,14?,16+/m0/s1. The van der Waals surface area contributed by atoms with Gasteiger partial charge in [-0.15, -0.1) is 0 Å². The lowest BCUT2D eigenvalue weighted by Gasteiger charge is -2.25. The number of nitrogens with one attached hydrogen (secondary N) is 2. The van der Waals surface area contributed by atoms with Crippen LogP contribution in [0.25, 0.3) is 0 Å². The maximum atomic E-state index is 12.5. The molecule has 23 heavy (non-hydrogen) atoms. The van der Waals surface area contributed by atoms with E-state index in [4.69, 9.17) is 10.5 Å². The van der Waals surface area contributed by atoms with Crippen molar-refractivity contribution in [2.24, 2.45) is 11.7 Å². The molecular weight excluding hydrogens is 310 g/mol. The highest BCUT2D eigenvalue weighted by Gasteiger charge is 2.23. The lowest BCUT2D eigenvalue weighted by molar-refractivity contribution is -0.124. The van der Waals surface area contributed by atoms with Crippen LogP contribution in [0.4, 0.5) is 0 Å². The van der Waals surface area contributed by atoms with E-state index in [-0.39, 0.29) is 23.9 Å². The van der Waals surface area contributed by atoms with Gasteiger partial charge in [0, 0.05) is 24.9 Å². The molecule has 4 N–H and O–H groups in total. The molecule has 5 nitrogen and oxygen atoms in total. The summed E-state index contributed by atoms with van der Waals surface area (Å²) in [5.41, 5.74) is 6.91. The number of ether oxygens (including phenoxy) is 1. The maximum absolute atomic E-state index is 12.5. The third kappa shape index (κ3) is 6.81. The molecule has 0 aromatic heterocycles. The lowest BCUT2D eigenvalue weighted by atomic mass is 9.98. The van der Waals surface area contributed by atoms with Gasteiger partial charge in [0.2, 0.25) is 5.91 Å². The number of carbonyl (C=O) groups is 1. The Labute approximate surface area is 144 Å². The first-order valence-corrected chi connectivity index (χ1v) is 8.65. The Morgan fingerprint density at radius 2 is 2.00 bits per heavy atom. The smallest absolute Gasteiger partial charge is 0.237 e. The highest BCUT2D eigenvalue weighted by molar-refractivity contribution is 7.80. The van der Waals surface area contributed by atoms with E-state index in [9.17, 15) is 4.79 Å². The number of amides is 1. The molecule has 1 aromatic carbocycles. The molecule has 1 amide bonds. The van der Waals surface area contributed by atoms with Crippen LogP contribution in [0.5, 0.6) is 5.75 Å². The number of methoxy groups -OCH3 is 1. The van der Waals surface area contributed by atoms with Gasteiger partial charge in [0.15, 0.2) is 0 Å². The van der Waals surface area contributed by atoms with Gasteiger partial charge in [-0.2, -0.15) is 12.6 Å². The normalized spacial score (nSPS) is 14.8. The van der Waals surface area contributed by atoms with Gasteiger partial charge in [0.1, 0.15) is 5.75 Å². The summed E-state index contributed by atoms with van der Waals surface area (Å²) in [6, 6.07) is 7.36. The molecule has 0 aliphatic heterocycles. The van der Waals surface area contributed by atoms with Gasteiger partial charge in [-0.25, -0.2) is 0 Å². The molecule has 0 spiro atoms. The molecule has 0 heterocycles. The number of benzene rings is 1.